The maximum absolute atomic E-state index is 14.3. The minimum absolute atomic E-state index is 0.00714. The van der Waals surface area contributed by atoms with Gasteiger partial charge >= 0.3 is 0 Å². The van der Waals surface area contributed by atoms with Crippen molar-refractivity contribution in [3.63, 3.8) is 0 Å². The number of hydrogen-bond acceptors (Lipinski definition) is 8. The molecule has 4 aliphatic rings. The lowest BCUT2D eigenvalue weighted by molar-refractivity contribution is -0.119. The number of piperidine rings is 2. The van der Waals surface area contributed by atoms with E-state index in [1.807, 2.05) is 4.90 Å². The van der Waals surface area contributed by atoms with Gasteiger partial charge in [0.1, 0.15) is 11.6 Å². The molecule has 8 nitrogen and oxygen atoms in total. The van der Waals surface area contributed by atoms with Crippen LogP contribution in [0.15, 0.2) is 30.3 Å². The summed E-state index contributed by atoms with van der Waals surface area (Å²) in [5.41, 5.74) is 4.69. The van der Waals surface area contributed by atoms with Crippen LogP contribution in [-0.4, -0.2) is 136 Å². The van der Waals surface area contributed by atoms with Crippen molar-refractivity contribution in [3.05, 3.63) is 57.3 Å². The molecule has 4 saturated heterocycles. The van der Waals surface area contributed by atoms with Crippen LogP contribution >= 0.6 is 23.2 Å². The molecule has 4 heterocycles. The van der Waals surface area contributed by atoms with E-state index in [0.717, 1.165) is 83.8 Å². The van der Waals surface area contributed by atoms with Gasteiger partial charge in [0.15, 0.2) is 5.82 Å². The summed E-state index contributed by atoms with van der Waals surface area (Å²) in [6.45, 7) is 23.7. The molecule has 0 atom stereocenters. The van der Waals surface area contributed by atoms with Crippen molar-refractivity contribution in [1.82, 2.24) is 19.6 Å². The highest BCUT2D eigenvalue weighted by molar-refractivity contribution is 6.42. The molecule has 0 bridgehead atoms. The van der Waals surface area contributed by atoms with Gasteiger partial charge in [-0.15, -0.1) is 0 Å². The molecule has 0 saturated carbocycles. The van der Waals surface area contributed by atoms with Crippen molar-refractivity contribution >= 4 is 46.1 Å². The third-order valence-electron chi connectivity index (χ3n) is 12.0. The fourth-order valence-electron chi connectivity index (χ4n) is 8.35. The van der Waals surface area contributed by atoms with Gasteiger partial charge in [-0.05, 0) is 153 Å². The number of benzene rings is 2. The second-order valence-corrected chi connectivity index (χ2v) is 16.8. The van der Waals surface area contributed by atoms with Gasteiger partial charge in [0.2, 0.25) is 0 Å². The molecule has 4 fully saturated rings. The first kappa shape index (κ1) is 41.9. The molecule has 53 heavy (non-hydrogen) atoms. The van der Waals surface area contributed by atoms with E-state index in [1.165, 1.54) is 75.0 Å². The number of carbonyl (C=O) groups excluding carboxylic acids is 2. The summed E-state index contributed by atoms with van der Waals surface area (Å²) in [6.07, 6.45) is 7.40. The van der Waals surface area contributed by atoms with Crippen molar-refractivity contribution in [1.29, 1.82) is 0 Å². The zero-order valence-corrected chi connectivity index (χ0v) is 34.2. The van der Waals surface area contributed by atoms with E-state index in [0.29, 0.717) is 24.6 Å². The van der Waals surface area contributed by atoms with Crippen LogP contribution in [0.3, 0.4) is 0 Å². The number of nitrogens with zero attached hydrogens (tertiary/aromatic N) is 6. The molecular formula is C42H63Cl2FN6O2. The Morgan fingerprint density at radius 1 is 0.623 bits per heavy atom. The van der Waals surface area contributed by atoms with Gasteiger partial charge in [-0.1, -0.05) is 29.3 Å². The Bertz CT molecular complexity index is 1480. The zero-order valence-electron chi connectivity index (χ0n) is 32.7. The number of halogens is 3. The topological polar surface area (TPSA) is 53.6 Å². The van der Waals surface area contributed by atoms with E-state index in [-0.39, 0.29) is 15.8 Å². The van der Waals surface area contributed by atoms with Gasteiger partial charge in [0.25, 0.3) is 0 Å². The fourth-order valence-corrected chi connectivity index (χ4v) is 8.66. The summed E-state index contributed by atoms with van der Waals surface area (Å²) >= 11 is 11.8. The van der Waals surface area contributed by atoms with Gasteiger partial charge in [-0.3, -0.25) is 29.2 Å². The minimum atomic E-state index is -0.421. The first-order valence-corrected chi connectivity index (χ1v) is 20.8. The fraction of sp³-hybridized carbons (Fsp3) is 0.667. The van der Waals surface area contributed by atoms with Gasteiger partial charge in [-0.2, -0.15) is 0 Å². The van der Waals surface area contributed by atoms with Gasteiger partial charge < -0.3 is 9.80 Å². The highest BCUT2D eigenvalue weighted by atomic mass is 35.5. The molecule has 0 unspecified atom stereocenters. The summed E-state index contributed by atoms with van der Waals surface area (Å²) in [6, 6.07) is 10.2. The monoisotopic (exact) mass is 772 g/mol. The van der Waals surface area contributed by atoms with Crippen LogP contribution in [0.1, 0.15) is 63.5 Å². The summed E-state index contributed by atoms with van der Waals surface area (Å²) in [7, 11) is 0. The number of ketones is 2. The van der Waals surface area contributed by atoms with E-state index in [1.54, 1.807) is 26.0 Å². The molecule has 4 aliphatic heterocycles. The van der Waals surface area contributed by atoms with Crippen molar-refractivity contribution < 1.29 is 14.0 Å². The largest absolute Gasteiger partial charge is 0.369 e. The second-order valence-electron chi connectivity index (χ2n) is 16.0. The van der Waals surface area contributed by atoms with Gasteiger partial charge in [0, 0.05) is 58.0 Å². The zero-order chi connectivity index (χ0) is 37.9. The molecule has 2 aromatic carbocycles. The molecule has 0 aliphatic carbocycles. The number of hydrogen-bond donors (Lipinski definition) is 0. The van der Waals surface area contributed by atoms with Crippen LogP contribution in [-0.2, 0) is 9.59 Å². The first-order valence-electron chi connectivity index (χ1n) is 20.0. The molecule has 2 aromatic rings. The Morgan fingerprint density at radius 2 is 1.09 bits per heavy atom. The van der Waals surface area contributed by atoms with E-state index in [9.17, 15) is 14.0 Å². The van der Waals surface area contributed by atoms with Crippen molar-refractivity contribution in [3.8, 4) is 0 Å². The summed E-state index contributed by atoms with van der Waals surface area (Å²) < 4.78 is 14.3. The van der Waals surface area contributed by atoms with Crippen molar-refractivity contribution in [2.75, 3.05) is 115 Å². The van der Waals surface area contributed by atoms with Crippen LogP contribution in [0.5, 0.6) is 0 Å². The van der Waals surface area contributed by atoms with Crippen LogP contribution in [0, 0.1) is 31.5 Å². The molecule has 294 valence electrons. The second kappa shape index (κ2) is 20.6. The van der Waals surface area contributed by atoms with E-state index in [4.69, 9.17) is 23.2 Å². The molecule has 6 rings (SSSR count). The number of piperazine rings is 2. The lowest BCUT2D eigenvalue weighted by atomic mass is 9.93. The summed E-state index contributed by atoms with van der Waals surface area (Å²) in [4.78, 5) is 36.7. The normalized spacial score (nSPS) is 20.4. The lowest BCUT2D eigenvalue weighted by Gasteiger charge is -2.37. The highest BCUT2D eigenvalue weighted by Crippen LogP contribution is 2.32. The molecule has 0 radical (unpaired) electrons. The smallest absolute Gasteiger partial charge is 0.166 e. The third kappa shape index (κ3) is 12.9. The quantitative estimate of drug-likeness (QED) is 0.213. The predicted octanol–water partition coefficient (Wildman–Crippen LogP) is 7.06. The first-order chi connectivity index (χ1) is 25.4. The van der Waals surface area contributed by atoms with Crippen LogP contribution in [0.4, 0.5) is 15.8 Å². The molecule has 0 aromatic heterocycles. The van der Waals surface area contributed by atoms with E-state index < -0.39 is 5.82 Å². The van der Waals surface area contributed by atoms with Crippen LogP contribution in [0.2, 0.25) is 10.0 Å². The average molecular weight is 774 g/mol. The van der Waals surface area contributed by atoms with Crippen molar-refractivity contribution in [2.45, 2.75) is 66.2 Å². The number of Topliss-reactive ketones (excluding diaryl/α,β-unsaturated/α-hetero) is 2. The number of likely N-dealkylation sites (tertiary alicyclic amines) is 2. The minimum Gasteiger partial charge on any atom is -0.369 e. The predicted molar refractivity (Wildman–Crippen MR) is 219 cm³/mol. The number of carbonyl (C=O) groups is 2. The molecule has 0 N–H and O–H groups in total. The highest BCUT2D eigenvalue weighted by Gasteiger charge is 2.25. The number of rotatable bonds is 12. The van der Waals surface area contributed by atoms with Crippen LogP contribution < -0.4 is 9.80 Å². The van der Waals surface area contributed by atoms with Crippen LogP contribution in [0.25, 0.3) is 0 Å². The summed E-state index contributed by atoms with van der Waals surface area (Å²) in [5, 5.41) is 0.263. The molecule has 0 amide bonds. The Hall–Kier alpha value is -2.27. The Labute approximate surface area is 328 Å². The van der Waals surface area contributed by atoms with E-state index in [2.05, 4.69) is 56.5 Å². The number of aryl methyl sites for hydroxylation is 2. The van der Waals surface area contributed by atoms with Gasteiger partial charge in [-0.25, -0.2) is 4.39 Å². The maximum Gasteiger partial charge on any atom is 0.166 e. The SMILES string of the molecule is CC(=O)CN1CCC(CCN2CCN(c3ccc(C)c(C)c3)CC2)CC1.CC(=O)CN1CCC(CCN2CCN(c3ccc(Cl)c(Cl)c3F)CC2)CC1. The molecule has 0 spiro atoms. The third-order valence-corrected chi connectivity index (χ3v) is 12.8. The standard InChI is InChI=1S/C22H35N3O.C20H28Cl2FN3O/c1-18-4-5-22(16-19(18)2)25-14-12-23(13-15-25)9-6-21-7-10-24(11-8-21)17-20(3)26;1-15(27)14-25-8-5-16(6-9-25)4-7-24-10-12-26(13-11-24)18-3-2-17(21)19(22)20(18)23/h4-5,16,21H,6-15,17H2,1-3H3;2-3,16H,4-14H2,1H3. The number of anilines is 2. The lowest BCUT2D eigenvalue weighted by Crippen LogP contribution is -2.47. The average Bonchev–Trinajstić information content (AvgIpc) is 3.15. The Morgan fingerprint density at radius 3 is 1.55 bits per heavy atom. The maximum atomic E-state index is 14.3. The summed E-state index contributed by atoms with van der Waals surface area (Å²) in [5.74, 6) is 1.72. The Balaban J connectivity index is 0.000000204. The molecule has 11 heteroatoms. The van der Waals surface area contributed by atoms with E-state index >= 15 is 0 Å². The van der Waals surface area contributed by atoms with Crippen molar-refractivity contribution in [2.24, 2.45) is 11.8 Å². The molecular weight excluding hydrogens is 710 g/mol. The Kier molecular flexibility index (Phi) is 16.3. The van der Waals surface area contributed by atoms with Gasteiger partial charge in [0.05, 0.1) is 28.8 Å².